The van der Waals surface area contributed by atoms with Gasteiger partial charge >= 0.3 is 0 Å². The lowest BCUT2D eigenvalue weighted by molar-refractivity contribution is -0.117. The highest BCUT2D eigenvalue weighted by atomic mass is 32.1. The summed E-state index contributed by atoms with van der Waals surface area (Å²) in [5, 5.41) is 13.4. The highest BCUT2D eigenvalue weighted by molar-refractivity contribution is 7.16. The fraction of sp³-hybridized carbons (Fsp3) is 0.478. The monoisotopic (exact) mass is 423 g/mol. The Labute approximate surface area is 180 Å². The van der Waals surface area contributed by atoms with Gasteiger partial charge in [0.05, 0.1) is 12.1 Å². The summed E-state index contributed by atoms with van der Waals surface area (Å²) in [6, 6.07) is 8.61. The fourth-order valence-corrected chi connectivity index (χ4v) is 6.04. The number of nitrogens with one attached hydrogen (secondary N) is 1. The van der Waals surface area contributed by atoms with Gasteiger partial charge in [0.2, 0.25) is 5.91 Å². The number of ether oxygens (including phenoxy) is 2. The van der Waals surface area contributed by atoms with Crippen molar-refractivity contribution in [2.45, 2.75) is 44.6 Å². The quantitative estimate of drug-likeness (QED) is 0.803. The number of anilines is 1. The number of carbonyl (C=O) groups is 1. The zero-order valence-electron chi connectivity index (χ0n) is 16.9. The van der Waals surface area contributed by atoms with Crippen LogP contribution in [0.5, 0.6) is 11.5 Å². The summed E-state index contributed by atoms with van der Waals surface area (Å²) in [6.45, 7) is 2.36. The molecule has 0 bridgehead atoms. The second-order valence-corrected chi connectivity index (χ2v) is 9.21. The van der Waals surface area contributed by atoms with Crippen molar-refractivity contribution in [3.8, 4) is 17.6 Å². The molecule has 5 rings (SSSR count). The third kappa shape index (κ3) is 3.66. The largest absolute Gasteiger partial charge is 0.486 e. The molecule has 0 saturated carbocycles. The van der Waals surface area contributed by atoms with E-state index >= 15 is 0 Å². The smallest absolute Gasteiger partial charge is 0.239 e. The van der Waals surface area contributed by atoms with Crippen molar-refractivity contribution < 1.29 is 14.3 Å². The lowest BCUT2D eigenvalue weighted by atomic mass is 9.96. The van der Waals surface area contributed by atoms with Crippen LogP contribution in [-0.4, -0.2) is 37.1 Å². The zero-order chi connectivity index (χ0) is 20.5. The van der Waals surface area contributed by atoms with E-state index in [1.807, 2.05) is 6.07 Å². The SMILES string of the molecule is N#Cc1c(NC(=O)CN2CCCC2c2ccc3c(c2)OCCO3)sc2c1CCCC2. The third-order valence-electron chi connectivity index (χ3n) is 6.20. The van der Waals surface area contributed by atoms with Crippen LogP contribution >= 0.6 is 11.3 Å². The number of rotatable bonds is 4. The molecule has 1 saturated heterocycles. The van der Waals surface area contributed by atoms with Gasteiger partial charge in [-0.2, -0.15) is 5.26 Å². The van der Waals surface area contributed by atoms with Crippen LogP contribution in [0.15, 0.2) is 18.2 Å². The van der Waals surface area contributed by atoms with Gasteiger partial charge in [0.15, 0.2) is 11.5 Å². The number of hydrogen-bond donors (Lipinski definition) is 1. The minimum Gasteiger partial charge on any atom is -0.486 e. The summed E-state index contributed by atoms with van der Waals surface area (Å²) < 4.78 is 11.4. The van der Waals surface area contributed by atoms with Crippen molar-refractivity contribution in [3.05, 3.63) is 39.8 Å². The molecule has 1 atom stereocenters. The minimum absolute atomic E-state index is 0.0467. The Hall–Kier alpha value is -2.56. The Morgan fingerprint density at radius 2 is 2.03 bits per heavy atom. The number of hydrogen-bond acceptors (Lipinski definition) is 6. The number of thiophene rings is 1. The van der Waals surface area contributed by atoms with Crippen molar-refractivity contribution in [1.29, 1.82) is 5.26 Å². The molecule has 3 aliphatic rings. The molecule has 30 heavy (non-hydrogen) atoms. The van der Waals surface area contributed by atoms with Gasteiger partial charge in [0.25, 0.3) is 0 Å². The Kier molecular flexibility index (Phi) is 5.36. The number of benzene rings is 1. The molecule has 1 fully saturated rings. The topological polar surface area (TPSA) is 74.6 Å². The minimum atomic E-state index is -0.0467. The van der Waals surface area contributed by atoms with Gasteiger partial charge in [-0.05, 0) is 68.3 Å². The molecule has 1 aromatic heterocycles. The Morgan fingerprint density at radius 3 is 2.90 bits per heavy atom. The molecule has 2 aromatic rings. The molecule has 0 spiro atoms. The second-order valence-electron chi connectivity index (χ2n) is 8.11. The molecule has 1 aliphatic carbocycles. The van der Waals surface area contributed by atoms with Crippen molar-refractivity contribution in [2.75, 3.05) is 31.6 Å². The molecule has 1 aromatic carbocycles. The summed E-state index contributed by atoms with van der Waals surface area (Å²) in [7, 11) is 0. The van der Waals surface area contributed by atoms with Gasteiger partial charge < -0.3 is 14.8 Å². The van der Waals surface area contributed by atoms with Crippen molar-refractivity contribution in [1.82, 2.24) is 4.90 Å². The predicted octanol–water partition coefficient (Wildman–Crippen LogP) is 4.05. The molecule has 0 radical (unpaired) electrons. The summed E-state index contributed by atoms with van der Waals surface area (Å²) >= 11 is 1.58. The first-order valence-electron chi connectivity index (χ1n) is 10.7. The lowest BCUT2D eigenvalue weighted by Gasteiger charge is -2.26. The summed E-state index contributed by atoms with van der Waals surface area (Å²) in [5.41, 5.74) is 2.99. The van der Waals surface area contributed by atoms with Gasteiger partial charge in [-0.15, -0.1) is 11.3 Å². The molecular weight excluding hydrogens is 398 g/mol. The first-order valence-corrected chi connectivity index (χ1v) is 11.5. The van der Waals surface area contributed by atoms with Gasteiger partial charge in [-0.1, -0.05) is 6.07 Å². The number of carbonyl (C=O) groups excluding carboxylic acids is 1. The number of amides is 1. The van der Waals surface area contributed by atoms with Crippen LogP contribution in [0.1, 0.15) is 53.3 Å². The summed E-state index contributed by atoms with van der Waals surface area (Å²) in [6.07, 6.45) is 6.33. The van der Waals surface area contributed by atoms with Crippen LogP contribution in [0.4, 0.5) is 5.00 Å². The molecule has 1 unspecified atom stereocenters. The highest BCUT2D eigenvalue weighted by Gasteiger charge is 2.29. The van der Waals surface area contributed by atoms with E-state index in [2.05, 4.69) is 28.4 Å². The Morgan fingerprint density at radius 1 is 1.20 bits per heavy atom. The van der Waals surface area contributed by atoms with E-state index in [-0.39, 0.29) is 11.9 Å². The Balaban J connectivity index is 1.29. The molecule has 1 amide bonds. The van der Waals surface area contributed by atoms with E-state index < -0.39 is 0 Å². The Bertz CT molecular complexity index is 1010. The average molecular weight is 424 g/mol. The van der Waals surface area contributed by atoms with E-state index in [1.54, 1.807) is 11.3 Å². The first-order chi connectivity index (χ1) is 14.7. The zero-order valence-corrected chi connectivity index (χ0v) is 17.7. The van der Waals surface area contributed by atoms with E-state index in [0.29, 0.717) is 25.3 Å². The number of nitrogens with zero attached hydrogens (tertiary/aromatic N) is 2. The van der Waals surface area contributed by atoms with Crippen LogP contribution in [0.25, 0.3) is 0 Å². The average Bonchev–Trinajstić information content (AvgIpc) is 3.37. The molecule has 6 nitrogen and oxygen atoms in total. The fourth-order valence-electron chi connectivity index (χ4n) is 4.78. The van der Waals surface area contributed by atoms with Crippen LogP contribution in [-0.2, 0) is 17.6 Å². The van der Waals surface area contributed by atoms with Crippen molar-refractivity contribution in [2.24, 2.45) is 0 Å². The number of likely N-dealkylation sites (tertiary alicyclic amines) is 1. The molecular formula is C23H25N3O3S. The molecule has 3 heterocycles. The van der Waals surface area contributed by atoms with E-state index in [4.69, 9.17) is 9.47 Å². The van der Waals surface area contributed by atoms with Gasteiger partial charge in [-0.25, -0.2) is 0 Å². The molecule has 156 valence electrons. The third-order valence-corrected chi connectivity index (χ3v) is 7.40. The maximum Gasteiger partial charge on any atom is 0.239 e. The number of fused-ring (bicyclic) bond motifs is 2. The van der Waals surface area contributed by atoms with Crippen molar-refractivity contribution in [3.63, 3.8) is 0 Å². The van der Waals surface area contributed by atoms with E-state index in [0.717, 1.165) is 72.7 Å². The van der Waals surface area contributed by atoms with Gasteiger partial charge in [-0.3, -0.25) is 9.69 Å². The van der Waals surface area contributed by atoms with Crippen LogP contribution in [0.2, 0.25) is 0 Å². The lowest BCUT2D eigenvalue weighted by Crippen LogP contribution is -2.33. The maximum atomic E-state index is 12.9. The summed E-state index contributed by atoms with van der Waals surface area (Å²) in [5.74, 6) is 1.53. The van der Waals surface area contributed by atoms with Crippen molar-refractivity contribution >= 4 is 22.2 Å². The standard InChI is InChI=1S/C23H25N3O3S/c24-13-17-16-4-1-2-6-21(16)30-23(17)25-22(27)14-26-9-3-5-18(26)15-7-8-19-20(12-15)29-11-10-28-19/h7-8,12,18H,1-6,9-11,14H2,(H,25,27). The van der Waals surface area contributed by atoms with E-state index in [1.165, 1.54) is 4.88 Å². The van der Waals surface area contributed by atoms with Gasteiger partial charge in [0.1, 0.15) is 24.3 Å². The predicted molar refractivity (Wildman–Crippen MR) is 115 cm³/mol. The summed E-state index contributed by atoms with van der Waals surface area (Å²) in [4.78, 5) is 16.3. The second kappa shape index (κ2) is 8.29. The van der Waals surface area contributed by atoms with Crippen LogP contribution < -0.4 is 14.8 Å². The molecule has 7 heteroatoms. The number of aryl methyl sites for hydroxylation is 1. The van der Waals surface area contributed by atoms with Gasteiger partial charge in [0, 0.05) is 10.9 Å². The van der Waals surface area contributed by atoms with E-state index in [9.17, 15) is 10.1 Å². The normalized spacial score (nSPS) is 20.4. The molecule has 1 N–H and O–H groups in total. The highest BCUT2D eigenvalue weighted by Crippen LogP contribution is 2.39. The van der Waals surface area contributed by atoms with Crippen LogP contribution in [0.3, 0.4) is 0 Å². The first kappa shape index (κ1) is 19.4. The van der Waals surface area contributed by atoms with Crippen LogP contribution in [0, 0.1) is 11.3 Å². The molecule has 2 aliphatic heterocycles. The number of nitriles is 1. The maximum absolute atomic E-state index is 12.9.